The molecule has 11 heteroatoms. The van der Waals surface area contributed by atoms with Crippen LogP contribution in [0.2, 0.25) is 0 Å². The molecule has 3 N–H and O–H groups in total. The number of rotatable bonds is 8. The third kappa shape index (κ3) is 6.97. The van der Waals surface area contributed by atoms with Gasteiger partial charge in [0.25, 0.3) is 0 Å². The number of halogens is 3. The first kappa shape index (κ1) is 27.0. The number of hydrogen-bond donors (Lipinski definition) is 3. The average Bonchev–Trinajstić information content (AvgIpc) is 2.91. The van der Waals surface area contributed by atoms with Crippen molar-refractivity contribution >= 4 is 23.7 Å². The summed E-state index contributed by atoms with van der Waals surface area (Å²) in [5.41, 5.74) is 1.39. The number of nitrogens with zero attached hydrogens (tertiary/aromatic N) is 1. The Labute approximate surface area is 207 Å². The van der Waals surface area contributed by atoms with Crippen LogP contribution in [0.5, 0.6) is 11.5 Å². The predicted molar refractivity (Wildman–Crippen MR) is 128 cm³/mol. The van der Waals surface area contributed by atoms with Gasteiger partial charge < -0.3 is 20.1 Å². The number of anilines is 1. The Hall–Kier alpha value is -3.60. The van der Waals surface area contributed by atoms with E-state index >= 15 is 0 Å². The summed E-state index contributed by atoms with van der Waals surface area (Å²) in [6.07, 6.45) is -1.11. The summed E-state index contributed by atoms with van der Waals surface area (Å²) in [5, 5.41) is 8.65. The van der Waals surface area contributed by atoms with Crippen LogP contribution in [0, 0.1) is 0 Å². The van der Waals surface area contributed by atoms with Gasteiger partial charge in [-0.05, 0) is 51.0 Å². The van der Waals surface area contributed by atoms with Crippen molar-refractivity contribution in [3.05, 3.63) is 52.7 Å². The predicted octanol–water partition coefficient (Wildman–Crippen LogP) is 4.31. The minimum absolute atomic E-state index is 0.0639. The van der Waals surface area contributed by atoms with Crippen LogP contribution >= 0.6 is 0 Å². The van der Waals surface area contributed by atoms with E-state index in [0.29, 0.717) is 35.5 Å². The Morgan fingerprint density at radius 3 is 2.75 bits per heavy atom. The maximum absolute atomic E-state index is 12.8. The maximum Gasteiger partial charge on any atom is 0.573 e. The second-order valence-electron chi connectivity index (χ2n) is 8.86. The van der Waals surface area contributed by atoms with E-state index in [-0.39, 0.29) is 24.8 Å². The number of ether oxygens (including phenoxy) is 2. The molecule has 2 amide bonds. The molecule has 0 bridgehead atoms. The van der Waals surface area contributed by atoms with Crippen molar-refractivity contribution in [3.8, 4) is 11.5 Å². The zero-order chi connectivity index (χ0) is 26.5. The molecular formula is C25H29F3N4O4. The fourth-order valence-corrected chi connectivity index (χ4v) is 3.42. The summed E-state index contributed by atoms with van der Waals surface area (Å²) in [5.74, 6) is -0.681. The van der Waals surface area contributed by atoms with Gasteiger partial charge >= 0.3 is 6.36 Å². The van der Waals surface area contributed by atoms with Crippen molar-refractivity contribution in [1.29, 1.82) is 0 Å². The van der Waals surface area contributed by atoms with Gasteiger partial charge in [-0.1, -0.05) is 19.1 Å². The largest absolute Gasteiger partial charge is 0.573 e. The molecule has 3 rings (SSSR count). The lowest BCUT2D eigenvalue weighted by Crippen LogP contribution is -2.47. The molecule has 2 heterocycles. The molecule has 0 spiro atoms. The van der Waals surface area contributed by atoms with Crippen LogP contribution in [-0.2, 0) is 22.7 Å². The monoisotopic (exact) mass is 506 g/mol. The molecule has 0 atom stereocenters. The highest BCUT2D eigenvalue weighted by Crippen LogP contribution is 2.35. The van der Waals surface area contributed by atoms with Crippen LogP contribution in [0.3, 0.4) is 0 Å². The zero-order valence-corrected chi connectivity index (χ0v) is 20.5. The van der Waals surface area contributed by atoms with Gasteiger partial charge in [0.1, 0.15) is 5.82 Å². The van der Waals surface area contributed by atoms with Crippen LogP contribution in [0.25, 0.3) is 6.08 Å². The summed E-state index contributed by atoms with van der Waals surface area (Å²) in [6, 6.07) is 5.95. The maximum atomic E-state index is 12.8. The van der Waals surface area contributed by atoms with Gasteiger partial charge in [-0.25, -0.2) is 4.98 Å². The van der Waals surface area contributed by atoms with Crippen LogP contribution in [0.15, 0.2) is 36.0 Å². The summed E-state index contributed by atoms with van der Waals surface area (Å²) >= 11 is 0. The molecule has 0 fully saturated rings. The number of amides is 2. The molecule has 2 aromatic rings. The molecule has 0 saturated heterocycles. The van der Waals surface area contributed by atoms with Crippen molar-refractivity contribution in [2.45, 2.75) is 59.1 Å². The first-order valence-electron chi connectivity index (χ1n) is 11.4. The van der Waals surface area contributed by atoms with Gasteiger partial charge in [0.2, 0.25) is 11.8 Å². The first-order chi connectivity index (χ1) is 16.9. The minimum atomic E-state index is -4.87. The van der Waals surface area contributed by atoms with Crippen LogP contribution < -0.4 is 25.4 Å². The molecule has 36 heavy (non-hydrogen) atoms. The number of hydrogen-bond acceptors (Lipinski definition) is 6. The number of para-hydroxylation sites is 1. The van der Waals surface area contributed by atoms with E-state index in [2.05, 4.69) is 25.7 Å². The standard InChI is InChI=1S/C25H29F3N4O4/c1-5-9-35-20-17(7-6-8-19(20)36-25(26,27)28)13-30-22(33)15(2)10-16-11-18-14-31-24(3,4)23(34)32-21(18)29-12-16/h6-8,10-12,31H,5,9,13-14H2,1-4H3,(H,30,33)(H,29,32,34)/b15-10+. The molecule has 1 aromatic heterocycles. The van der Waals surface area contributed by atoms with Crippen molar-refractivity contribution in [2.24, 2.45) is 0 Å². The Morgan fingerprint density at radius 2 is 2.06 bits per heavy atom. The number of carbonyl (C=O) groups is 2. The average molecular weight is 507 g/mol. The summed E-state index contributed by atoms with van der Waals surface area (Å²) in [4.78, 5) is 29.3. The lowest BCUT2D eigenvalue weighted by Gasteiger charge is -2.21. The second-order valence-corrected chi connectivity index (χ2v) is 8.86. The number of alkyl halides is 3. The molecule has 8 nitrogen and oxygen atoms in total. The fourth-order valence-electron chi connectivity index (χ4n) is 3.42. The Balaban J connectivity index is 1.73. The van der Waals surface area contributed by atoms with E-state index in [9.17, 15) is 22.8 Å². The minimum Gasteiger partial charge on any atom is -0.489 e. The number of carbonyl (C=O) groups excluding carboxylic acids is 2. The van der Waals surface area contributed by atoms with Gasteiger partial charge in [-0.2, -0.15) is 0 Å². The van der Waals surface area contributed by atoms with Gasteiger partial charge in [0, 0.05) is 36.0 Å². The van der Waals surface area contributed by atoms with Crippen LogP contribution in [-0.4, -0.2) is 35.3 Å². The van der Waals surface area contributed by atoms with Crippen LogP contribution in [0.4, 0.5) is 19.0 Å². The Kier molecular flexibility index (Phi) is 8.24. The van der Waals surface area contributed by atoms with Crippen molar-refractivity contribution in [2.75, 3.05) is 11.9 Å². The van der Waals surface area contributed by atoms with Crippen molar-refractivity contribution in [3.63, 3.8) is 0 Å². The first-order valence-corrected chi connectivity index (χ1v) is 11.4. The van der Waals surface area contributed by atoms with E-state index in [1.165, 1.54) is 12.1 Å². The van der Waals surface area contributed by atoms with Gasteiger partial charge in [0.05, 0.1) is 12.1 Å². The number of benzene rings is 1. The number of aromatic nitrogens is 1. The Bertz CT molecular complexity index is 1160. The number of nitrogens with one attached hydrogen (secondary N) is 3. The highest BCUT2D eigenvalue weighted by atomic mass is 19.4. The van der Waals surface area contributed by atoms with E-state index in [1.807, 2.05) is 13.0 Å². The fraction of sp³-hybridized carbons (Fsp3) is 0.400. The summed E-state index contributed by atoms with van der Waals surface area (Å²) in [7, 11) is 0. The quantitative estimate of drug-likeness (QED) is 0.462. The second kappa shape index (κ2) is 11.0. The molecule has 1 aliphatic rings. The summed E-state index contributed by atoms with van der Waals surface area (Å²) < 4.78 is 48.0. The lowest BCUT2D eigenvalue weighted by atomic mass is 10.1. The van der Waals surface area contributed by atoms with Crippen molar-refractivity contribution in [1.82, 2.24) is 15.6 Å². The van der Waals surface area contributed by atoms with Crippen LogP contribution in [0.1, 0.15) is 50.8 Å². The molecule has 0 aliphatic carbocycles. The van der Waals surface area contributed by atoms with Crippen molar-refractivity contribution < 1.29 is 32.2 Å². The van der Waals surface area contributed by atoms with Gasteiger partial charge in [0.15, 0.2) is 11.5 Å². The zero-order valence-electron chi connectivity index (χ0n) is 20.5. The highest BCUT2D eigenvalue weighted by Gasteiger charge is 2.33. The Morgan fingerprint density at radius 1 is 1.31 bits per heavy atom. The molecule has 0 unspecified atom stereocenters. The molecule has 0 radical (unpaired) electrons. The molecular weight excluding hydrogens is 477 g/mol. The molecule has 1 aromatic carbocycles. The molecule has 194 valence electrons. The van der Waals surface area contributed by atoms with E-state index in [0.717, 1.165) is 5.56 Å². The topological polar surface area (TPSA) is 102 Å². The SMILES string of the molecule is CCCOc1c(CNC(=O)/C(C)=C/c2cnc3c(c2)CNC(C)(C)C(=O)N3)cccc1OC(F)(F)F. The van der Waals surface area contributed by atoms with E-state index in [4.69, 9.17) is 4.74 Å². The van der Waals surface area contributed by atoms with Gasteiger partial charge in [-0.3, -0.25) is 14.9 Å². The van der Waals surface area contributed by atoms with E-state index < -0.39 is 23.6 Å². The summed E-state index contributed by atoms with van der Waals surface area (Å²) in [6.45, 7) is 7.52. The molecule has 1 aliphatic heterocycles. The van der Waals surface area contributed by atoms with Gasteiger partial charge in [-0.15, -0.1) is 13.2 Å². The molecule has 0 saturated carbocycles. The van der Waals surface area contributed by atoms with E-state index in [1.54, 1.807) is 39.1 Å². The third-order valence-electron chi connectivity index (χ3n) is 5.43. The highest BCUT2D eigenvalue weighted by molar-refractivity contribution is 5.99. The number of pyridine rings is 1. The smallest absolute Gasteiger partial charge is 0.489 e. The normalized spacial score (nSPS) is 15.4. The third-order valence-corrected chi connectivity index (χ3v) is 5.43. The number of fused-ring (bicyclic) bond motifs is 1. The lowest BCUT2D eigenvalue weighted by molar-refractivity contribution is -0.275.